The summed E-state index contributed by atoms with van der Waals surface area (Å²) in [7, 11) is 0. The number of rotatable bonds is 4. The summed E-state index contributed by atoms with van der Waals surface area (Å²) in [6, 6.07) is 14.5. The van der Waals surface area contributed by atoms with Crippen LogP contribution in [0.25, 0.3) is 10.9 Å². The molecule has 25 heavy (non-hydrogen) atoms. The number of benzene rings is 2. The molecule has 2 aromatic carbocycles. The van der Waals surface area contributed by atoms with Gasteiger partial charge in [0.1, 0.15) is 0 Å². The summed E-state index contributed by atoms with van der Waals surface area (Å²) in [5.41, 5.74) is 7.02. The standard InChI is InChI=1S/C22H21NOS/c1-14-5-3-8-19-15(2)11-21(23-22(14)19)25-13-20(24)18-10-9-16-6-4-7-17(16)12-18/h3,5,8-12H,4,6-7,13H2,1-2H3. The highest BCUT2D eigenvalue weighted by atomic mass is 32.2. The first kappa shape index (κ1) is 16.3. The number of aromatic nitrogens is 1. The molecule has 0 radical (unpaired) electrons. The van der Waals surface area contributed by atoms with Gasteiger partial charge >= 0.3 is 0 Å². The zero-order chi connectivity index (χ0) is 17.4. The van der Waals surface area contributed by atoms with E-state index in [-0.39, 0.29) is 5.78 Å². The van der Waals surface area contributed by atoms with Crippen LogP contribution < -0.4 is 0 Å². The van der Waals surface area contributed by atoms with E-state index in [1.807, 2.05) is 6.07 Å². The molecule has 3 aromatic rings. The first-order valence-electron chi connectivity index (χ1n) is 8.76. The molecule has 0 N–H and O–H groups in total. The van der Waals surface area contributed by atoms with Gasteiger partial charge in [0.15, 0.2) is 5.78 Å². The predicted octanol–water partition coefficient (Wildman–Crippen LogP) is 5.32. The third-order valence-electron chi connectivity index (χ3n) is 5.00. The topological polar surface area (TPSA) is 30.0 Å². The molecule has 0 saturated heterocycles. The molecule has 4 rings (SSSR count). The largest absolute Gasteiger partial charge is 0.293 e. The Morgan fingerprint density at radius 3 is 2.76 bits per heavy atom. The summed E-state index contributed by atoms with van der Waals surface area (Å²) < 4.78 is 0. The van der Waals surface area contributed by atoms with E-state index in [1.165, 1.54) is 45.8 Å². The number of pyridine rings is 1. The molecule has 1 aliphatic rings. The molecule has 0 spiro atoms. The Hall–Kier alpha value is -2.13. The van der Waals surface area contributed by atoms with Gasteiger partial charge in [0.2, 0.25) is 0 Å². The molecule has 0 unspecified atom stereocenters. The number of nitrogens with zero attached hydrogens (tertiary/aromatic N) is 1. The second-order valence-electron chi connectivity index (χ2n) is 6.80. The van der Waals surface area contributed by atoms with Crippen LogP contribution in [0.3, 0.4) is 0 Å². The Bertz CT molecular complexity index is 977. The highest BCUT2D eigenvalue weighted by Gasteiger charge is 2.15. The number of hydrogen-bond donors (Lipinski definition) is 0. The summed E-state index contributed by atoms with van der Waals surface area (Å²) >= 11 is 1.53. The van der Waals surface area contributed by atoms with Crippen molar-refractivity contribution in [3.05, 3.63) is 70.3 Å². The minimum absolute atomic E-state index is 0.184. The second kappa shape index (κ2) is 6.64. The van der Waals surface area contributed by atoms with Gasteiger partial charge in [-0.2, -0.15) is 0 Å². The predicted molar refractivity (Wildman–Crippen MR) is 105 cm³/mol. The molecule has 0 bridgehead atoms. The van der Waals surface area contributed by atoms with Crippen molar-refractivity contribution >= 4 is 28.4 Å². The van der Waals surface area contributed by atoms with E-state index < -0.39 is 0 Å². The van der Waals surface area contributed by atoms with Gasteiger partial charge in [-0.1, -0.05) is 42.1 Å². The summed E-state index contributed by atoms with van der Waals surface area (Å²) in [5.74, 6) is 0.617. The lowest BCUT2D eigenvalue weighted by Crippen LogP contribution is -2.04. The lowest BCUT2D eigenvalue weighted by atomic mass is 10.0. The molecule has 0 aliphatic heterocycles. The van der Waals surface area contributed by atoms with Crippen LogP contribution in [0.5, 0.6) is 0 Å². The van der Waals surface area contributed by atoms with Crippen molar-refractivity contribution in [2.75, 3.05) is 5.75 Å². The molecule has 1 aliphatic carbocycles. The molecule has 0 saturated carbocycles. The third-order valence-corrected chi connectivity index (χ3v) is 5.91. The monoisotopic (exact) mass is 347 g/mol. The van der Waals surface area contributed by atoms with Crippen LogP contribution in [0.15, 0.2) is 47.5 Å². The molecule has 126 valence electrons. The zero-order valence-corrected chi connectivity index (χ0v) is 15.5. The molecule has 1 aromatic heterocycles. The van der Waals surface area contributed by atoms with Crippen molar-refractivity contribution in [3.8, 4) is 0 Å². The van der Waals surface area contributed by atoms with Crippen LogP contribution in [0.1, 0.15) is 39.0 Å². The molecular weight excluding hydrogens is 326 g/mol. The lowest BCUT2D eigenvalue weighted by Gasteiger charge is -2.08. The van der Waals surface area contributed by atoms with Gasteiger partial charge in [-0.3, -0.25) is 4.79 Å². The fraction of sp³-hybridized carbons (Fsp3) is 0.273. The summed E-state index contributed by atoms with van der Waals surface area (Å²) in [6.45, 7) is 4.19. The van der Waals surface area contributed by atoms with Crippen LogP contribution in [0.4, 0.5) is 0 Å². The first-order valence-corrected chi connectivity index (χ1v) is 9.75. The number of ketones is 1. The number of carbonyl (C=O) groups excluding carboxylic acids is 1. The Kier molecular flexibility index (Phi) is 4.34. The average molecular weight is 347 g/mol. The third kappa shape index (κ3) is 3.21. The van der Waals surface area contributed by atoms with Crippen LogP contribution >= 0.6 is 11.8 Å². The number of carbonyl (C=O) groups is 1. The minimum Gasteiger partial charge on any atom is -0.293 e. The van der Waals surface area contributed by atoms with Gasteiger partial charge < -0.3 is 0 Å². The molecule has 0 amide bonds. The van der Waals surface area contributed by atoms with E-state index in [0.29, 0.717) is 5.75 Å². The second-order valence-corrected chi connectivity index (χ2v) is 7.79. The molecule has 3 heteroatoms. The van der Waals surface area contributed by atoms with Crippen LogP contribution in [-0.4, -0.2) is 16.5 Å². The Labute approximate surface area is 152 Å². The number of para-hydroxylation sites is 1. The summed E-state index contributed by atoms with van der Waals surface area (Å²) in [5, 5.41) is 2.11. The molecule has 0 fully saturated rings. The number of hydrogen-bond acceptors (Lipinski definition) is 3. The lowest BCUT2D eigenvalue weighted by molar-refractivity contribution is 0.102. The van der Waals surface area contributed by atoms with Gasteiger partial charge in [0.25, 0.3) is 0 Å². The Balaban J connectivity index is 1.54. The van der Waals surface area contributed by atoms with Crippen molar-refractivity contribution in [2.24, 2.45) is 0 Å². The summed E-state index contributed by atoms with van der Waals surface area (Å²) in [6.07, 6.45) is 3.47. The highest BCUT2D eigenvalue weighted by Crippen LogP contribution is 2.27. The van der Waals surface area contributed by atoms with Crippen molar-refractivity contribution in [1.82, 2.24) is 4.98 Å². The number of Topliss-reactive ketones (excluding diaryl/α,β-unsaturated/α-hetero) is 1. The normalized spacial score (nSPS) is 13.2. The quantitative estimate of drug-likeness (QED) is 0.473. The van der Waals surface area contributed by atoms with Crippen molar-refractivity contribution in [1.29, 1.82) is 0 Å². The summed E-state index contributed by atoms with van der Waals surface area (Å²) in [4.78, 5) is 17.4. The SMILES string of the molecule is Cc1cc(SCC(=O)c2ccc3c(c2)CCC3)nc2c(C)cccc12. The van der Waals surface area contributed by atoms with Crippen LogP contribution in [-0.2, 0) is 12.8 Å². The Morgan fingerprint density at radius 1 is 1.04 bits per heavy atom. The van der Waals surface area contributed by atoms with Crippen molar-refractivity contribution in [2.45, 2.75) is 38.1 Å². The number of thioether (sulfide) groups is 1. The van der Waals surface area contributed by atoms with Gasteiger partial charge in [-0.15, -0.1) is 0 Å². The molecule has 2 nitrogen and oxygen atoms in total. The Morgan fingerprint density at radius 2 is 1.88 bits per heavy atom. The maximum Gasteiger partial charge on any atom is 0.173 e. The fourth-order valence-corrected chi connectivity index (χ4v) is 4.43. The van der Waals surface area contributed by atoms with Crippen LogP contribution in [0, 0.1) is 13.8 Å². The smallest absolute Gasteiger partial charge is 0.173 e. The minimum atomic E-state index is 0.184. The molecule has 0 atom stereocenters. The van der Waals surface area contributed by atoms with Crippen molar-refractivity contribution in [3.63, 3.8) is 0 Å². The van der Waals surface area contributed by atoms with E-state index in [4.69, 9.17) is 4.98 Å². The van der Waals surface area contributed by atoms with Crippen LogP contribution in [0.2, 0.25) is 0 Å². The fourth-order valence-electron chi connectivity index (χ4n) is 3.57. The van der Waals surface area contributed by atoms with E-state index >= 15 is 0 Å². The highest BCUT2D eigenvalue weighted by molar-refractivity contribution is 7.99. The van der Waals surface area contributed by atoms with Crippen molar-refractivity contribution < 1.29 is 4.79 Å². The van der Waals surface area contributed by atoms with E-state index in [0.717, 1.165) is 28.9 Å². The van der Waals surface area contributed by atoms with E-state index in [1.54, 1.807) is 0 Å². The molecular formula is C22H21NOS. The first-order chi connectivity index (χ1) is 12.1. The maximum absolute atomic E-state index is 12.6. The zero-order valence-electron chi connectivity index (χ0n) is 14.6. The van der Waals surface area contributed by atoms with Gasteiger partial charge in [0, 0.05) is 10.9 Å². The maximum atomic E-state index is 12.6. The average Bonchev–Trinajstić information content (AvgIpc) is 3.08. The van der Waals surface area contributed by atoms with Gasteiger partial charge in [-0.05, 0) is 67.5 Å². The van der Waals surface area contributed by atoms with E-state index in [9.17, 15) is 4.79 Å². The number of fused-ring (bicyclic) bond motifs is 2. The molecule has 1 heterocycles. The van der Waals surface area contributed by atoms with Gasteiger partial charge in [-0.25, -0.2) is 4.98 Å². The van der Waals surface area contributed by atoms with E-state index in [2.05, 4.69) is 50.2 Å². The number of aryl methyl sites for hydroxylation is 4. The van der Waals surface area contributed by atoms with Gasteiger partial charge in [0.05, 0.1) is 16.3 Å².